The molecule has 196 valence electrons. The Labute approximate surface area is 223 Å². The number of nitrogens with zero attached hydrogens (tertiary/aromatic N) is 4. The van der Waals surface area contributed by atoms with Gasteiger partial charge < -0.3 is 23.8 Å². The van der Waals surface area contributed by atoms with Crippen molar-refractivity contribution in [3.05, 3.63) is 71.9 Å². The number of anilines is 1. The summed E-state index contributed by atoms with van der Waals surface area (Å²) in [6.45, 7) is 8.05. The number of amides is 1. The summed E-state index contributed by atoms with van der Waals surface area (Å²) in [6.07, 6.45) is 2.97. The molecule has 7 heteroatoms. The molecule has 38 heavy (non-hydrogen) atoms. The summed E-state index contributed by atoms with van der Waals surface area (Å²) in [5.74, 6) is 2.94. The molecule has 2 aromatic carbocycles. The van der Waals surface area contributed by atoms with Crippen LogP contribution in [0.3, 0.4) is 0 Å². The number of ether oxygens (including phenoxy) is 2. The molecule has 2 aromatic heterocycles. The van der Waals surface area contributed by atoms with Crippen LogP contribution < -0.4 is 14.4 Å². The van der Waals surface area contributed by atoms with E-state index in [0.717, 1.165) is 61.1 Å². The third kappa shape index (κ3) is 4.46. The number of carbonyl (C=O) groups excluding carboxylic acids is 1. The normalized spacial score (nSPS) is 17.0. The molecule has 0 spiro atoms. The van der Waals surface area contributed by atoms with Crippen LogP contribution >= 0.6 is 0 Å². The molecule has 7 nitrogen and oxygen atoms in total. The van der Waals surface area contributed by atoms with Crippen molar-refractivity contribution in [3.8, 4) is 22.8 Å². The third-order valence-corrected chi connectivity index (χ3v) is 7.88. The van der Waals surface area contributed by atoms with Crippen LogP contribution in [0.1, 0.15) is 24.0 Å². The minimum atomic E-state index is -0.0568. The van der Waals surface area contributed by atoms with Gasteiger partial charge in [-0.1, -0.05) is 12.1 Å². The highest BCUT2D eigenvalue weighted by atomic mass is 16.5. The minimum absolute atomic E-state index is 0.0568. The molecule has 0 N–H and O–H groups in total. The van der Waals surface area contributed by atoms with Crippen LogP contribution in [-0.2, 0) is 11.3 Å². The van der Waals surface area contributed by atoms with E-state index in [1.54, 1.807) is 7.11 Å². The van der Waals surface area contributed by atoms with Crippen LogP contribution in [0.5, 0.6) is 11.5 Å². The Morgan fingerprint density at radius 3 is 2.58 bits per heavy atom. The van der Waals surface area contributed by atoms with E-state index in [1.165, 1.54) is 22.2 Å². The SMILES string of the molecule is COc1ccc(-c2c(C)c3cccc4c3n2CC(CCC(=O)N2CCN(c3cc(C)ccn3)CC2)O4)cc1. The van der Waals surface area contributed by atoms with E-state index in [2.05, 4.69) is 58.6 Å². The monoisotopic (exact) mass is 510 g/mol. The molecule has 1 atom stereocenters. The van der Waals surface area contributed by atoms with Crippen molar-refractivity contribution in [1.82, 2.24) is 14.5 Å². The van der Waals surface area contributed by atoms with Gasteiger partial charge in [0, 0.05) is 44.2 Å². The van der Waals surface area contributed by atoms with Gasteiger partial charge in [-0.05, 0) is 79.4 Å². The first-order valence-electron chi connectivity index (χ1n) is 13.4. The molecular formula is C31H34N4O3. The maximum atomic E-state index is 13.1. The van der Waals surface area contributed by atoms with Gasteiger partial charge >= 0.3 is 0 Å². The van der Waals surface area contributed by atoms with Crippen molar-refractivity contribution in [2.75, 3.05) is 38.2 Å². The van der Waals surface area contributed by atoms with Crippen LogP contribution in [0.25, 0.3) is 22.2 Å². The second kappa shape index (κ2) is 10.0. The van der Waals surface area contributed by atoms with Gasteiger partial charge in [0.25, 0.3) is 0 Å². The molecule has 6 rings (SSSR count). The van der Waals surface area contributed by atoms with Crippen LogP contribution in [0, 0.1) is 13.8 Å². The largest absolute Gasteiger partial charge is 0.497 e. The summed E-state index contributed by atoms with van der Waals surface area (Å²) in [5, 5.41) is 1.21. The second-order valence-electron chi connectivity index (χ2n) is 10.3. The molecule has 0 bridgehead atoms. The molecule has 4 heterocycles. The van der Waals surface area contributed by atoms with Gasteiger partial charge in [-0.15, -0.1) is 0 Å². The average Bonchev–Trinajstić information content (AvgIpc) is 3.24. The minimum Gasteiger partial charge on any atom is -0.497 e. The van der Waals surface area contributed by atoms with Crippen LogP contribution in [0.15, 0.2) is 60.8 Å². The summed E-state index contributed by atoms with van der Waals surface area (Å²) in [7, 11) is 1.69. The lowest BCUT2D eigenvalue weighted by atomic mass is 10.1. The summed E-state index contributed by atoms with van der Waals surface area (Å²) in [4.78, 5) is 21.9. The van der Waals surface area contributed by atoms with E-state index in [4.69, 9.17) is 9.47 Å². The number of hydrogen-bond donors (Lipinski definition) is 0. The van der Waals surface area contributed by atoms with E-state index < -0.39 is 0 Å². The van der Waals surface area contributed by atoms with Gasteiger partial charge in [0.05, 0.1) is 24.9 Å². The van der Waals surface area contributed by atoms with E-state index in [1.807, 2.05) is 35.4 Å². The Bertz CT molecular complexity index is 1470. The second-order valence-corrected chi connectivity index (χ2v) is 10.3. The molecule has 0 radical (unpaired) electrons. The first-order valence-corrected chi connectivity index (χ1v) is 13.4. The number of aromatic nitrogens is 2. The first-order chi connectivity index (χ1) is 18.5. The lowest BCUT2D eigenvalue weighted by molar-refractivity contribution is -0.132. The molecule has 1 fully saturated rings. The van der Waals surface area contributed by atoms with Gasteiger partial charge in [-0.3, -0.25) is 4.79 Å². The molecule has 2 aliphatic heterocycles. The zero-order valence-electron chi connectivity index (χ0n) is 22.3. The van der Waals surface area contributed by atoms with Gasteiger partial charge in [-0.2, -0.15) is 0 Å². The Balaban J connectivity index is 1.14. The zero-order valence-corrected chi connectivity index (χ0v) is 22.3. The van der Waals surface area contributed by atoms with E-state index in [9.17, 15) is 4.79 Å². The smallest absolute Gasteiger partial charge is 0.222 e. The predicted molar refractivity (Wildman–Crippen MR) is 150 cm³/mol. The third-order valence-electron chi connectivity index (χ3n) is 7.88. The van der Waals surface area contributed by atoms with Crippen molar-refractivity contribution in [2.24, 2.45) is 0 Å². The number of aryl methyl sites for hydroxylation is 2. The highest BCUT2D eigenvalue weighted by Crippen LogP contribution is 2.41. The average molecular weight is 511 g/mol. The Morgan fingerprint density at radius 1 is 1.05 bits per heavy atom. The highest BCUT2D eigenvalue weighted by molar-refractivity contribution is 5.95. The molecule has 0 saturated carbocycles. The Kier molecular flexibility index (Phi) is 6.44. The number of methoxy groups -OCH3 is 1. The summed E-state index contributed by atoms with van der Waals surface area (Å²) < 4.78 is 14.2. The zero-order chi connectivity index (χ0) is 26.2. The molecule has 1 unspecified atom stereocenters. The van der Waals surface area contributed by atoms with E-state index in [0.29, 0.717) is 12.8 Å². The Hall–Kier alpha value is -4.00. The van der Waals surface area contributed by atoms with Crippen molar-refractivity contribution >= 4 is 22.6 Å². The first kappa shape index (κ1) is 24.3. The molecule has 0 aliphatic carbocycles. The van der Waals surface area contributed by atoms with Crippen LogP contribution in [-0.4, -0.2) is 59.8 Å². The van der Waals surface area contributed by atoms with Gasteiger partial charge in [0.2, 0.25) is 5.91 Å². The van der Waals surface area contributed by atoms with Crippen molar-refractivity contribution in [1.29, 1.82) is 0 Å². The van der Waals surface area contributed by atoms with Crippen LogP contribution in [0.4, 0.5) is 5.82 Å². The fourth-order valence-corrected chi connectivity index (χ4v) is 5.84. The number of benzene rings is 2. The fourth-order valence-electron chi connectivity index (χ4n) is 5.84. The number of pyridine rings is 1. The molecular weight excluding hydrogens is 476 g/mol. The number of hydrogen-bond acceptors (Lipinski definition) is 5. The van der Waals surface area contributed by atoms with Gasteiger partial charge in [0.15, 0.2) is 0 Å². The van der Waals surface area contributed by atoms with E-state index in [-0.39, 0.29) is 12.0 Å². The van der Waals surface area contributed by atoms with Gasteiger partial charge in [0.1, 0.15) is 23.4 Å². The number of piperazine rings is 1. The summed E-state index contributed by atoms with van der Waals surface area (Å²) >= 11 is 0. The highest BCUT2D eigenvalue weighted by Gasteiger charge is 2.29. The molecule has 4 aromatic rings. The number of para-hydroxylation sites is 1. The van der Waals surface area contributed by atoms with Gasteiger partial charge in [-0.25, -0.2) is 4.98 Å². The number of carbonyl (C=O) groups is 1. The number of rotatable bonds is 6. The fraction of sp³-hybridized carbons (Fsp3) is 0.355. The standard InChI is InChI=1S/C31H34N4O3/c1-21-13-14-32-28(19-21)33-15-17-34(18-16-33)29(36)12-11-25-20-35-30(23-7-9-24(37-3)10-8-23)22(2)26-5-4-6-27(38-25)31(26)35/h4-10,13-14,19,25H,11-12,15-18,20H2,1-3H3. The van der Waals surface area contributed by atoms with Crippen molar-refractivity contribution in [3.63, 3.8) is 0 Å². The summed E-state index contributed by atoms with van der Waals surface area (Å²) in [6, 6.07) is 18.6. The lowest BCUT2D eigenvalue weighted by Crippen LogP contribution is -2.49. The molecule has 2 aliphatic rings. The van der Waals surface area contributed by atoms with E-state index >= 15 is 0 Å². The quantitative estimate of drug-likeness (QED) is 0.356. The molecule has 1 saturated heterocycles. The Morgan fingerprint density at radius 2 is 1.84 bits per heavy atom. The lowest BCUT2D eigenvalue weighted by Gasteiger charge is -2.36. The maximum Gasteiger partial charge on any atom is 0.222 e. The molecule has 1 amide bonds. The summed E-state index contributed by atoms with van der Waals surface area (Å²) in [5.41, 5.74) is 5.94. The van der Waals surface area contributed by atoms with Crippen molar-refractivity contribution < 1.29 is 14.3 Å². The maximum absolute atomic E-state index is 13.1. The predicted octanol–water partition coefficient (Wildman–Crippen LogP) is 5.22. The topological polar surface area (TPSA) is 59.8 Å². The van der Waals surface area contributed by atoms with Crippen LogP contribution in [0.2, 0.25) is 0 Å². The van der Waals surface area contributed by atoms with Crippen molar-refractivity contribution in [2.45, 2.75) is 39.3 Å².